The van der Waals surface area contributed by atoms with E-state index >= 15 is 0 Å². The van der Waals surface area contributed by atoms with Gasteiger partial charge in [-0.15, -0.1) is 0 Å². The standard InChI is InChI=1S/C12H15N3O2/c16-11-10(6-7-13-11)15-12(17)14-8-9-4-2-1-3-5-9/h1-5,10H,6-8H2,(H,13,16)(H2,14,15,17). The van der Waals surface area contributed by atoms with Gasteiger partial charge in [-0.05, 0) is 12.0 Å². The van der Waals surface area contributed by atoms with Crippen LogP contribution in [0.3, 0.4) is 0 Å². The van der Waals surface area contributed by atoms with Gasteiger partial charge in [-0.25, -0.2) is 4.79 Å². The minimum absolute atomic E-state index is 0.111. The van der Waals surface area contributed by atoms with Crippen molar-refractivity contribution in [2.24, 2.45) is 0 Å². The van der Waals surface area contributed by atoms with Crippen LogP contribution in [0.5, 0.6) is 0 Å². The summed E-state index contributed by atoms with van der Waals surface area (Å²) in [5.74, 6) is -0.111. The van der Waals surface area contributed by atoms with E-state index in [1.807, 2.05) is 30.3 Å². The maximum atomic E-state index is 11.5. The highest BCUT2D eigenvalue weighted by Crippen LogP contribution is 2.00. The van der Waals surface area contributed by atoms with Gasteiger partial charge in [0.25, 0.3) is 0 Å². The zero-order valence-electron chi connectivity index (χ0n) is 9.40. The zero-order valence-corrected chi connectivity index (χ0v) is 9.40. The first-order valence-corrected chi connectivity index (χ1v) is 5.62. The normalized spacial score (nSPS) is 18.6. The van der Waals surface area contributed by atoms with E-state index in [9.17, 15) is 9.59 Å². The minimum atomic E-state index is -0.397. The van der Waals surface area contributed by atoms with E-state index in [1.165, 1.54) is 0 Å². The van der Waals surface area contributed by atoms with Crippen molar-refractivity contribution in [3.05, 3.63) is 35.9 Å². The number of benzene rings is 1. The molecule has 0 bridgehead atoms. The molecular weight excluding hydrogens is 218 g/mol. The van der Waals surface area contributed by atoms with Gasteiger partial charge in [0, 0.05) is 13.1 Å². The van der Waals surface area contributed by atoms with Gasteiger partial charge in [-0.3, -0.25) is 4.79 Å². The van der Waals surface area contributed by atoms with E-state index in [2.05, 4.69) is 16.0 Å². The molecule has 1 aliphatic heterocycles. The number of rotatable bonds is 3. The van der Waals surface area contributed by atoms with Gasteiger partial charge in [0.05, 0.1) is 0 Å². The number of amides is 3. The van der Waals surface area contributed by atoms with Crippen molar-refractivity contribution < 1.29 is 9.59 Å². The van der Waals surface area contributed by atoms with Gasteiger partial charge in [0.15, 0.2) is 0 Å². The first-order valence-electron chi connectivity index (χ1n) is 5.62. The number of carbonyl (C=O) groups is 2. The Balaban J connectivity index is 1.76. The van der Waals surface area contributed by atoms with E-state index in [4.69, 9.17) is 0 Å². The maximum Gasteiger partial charge on any atom is 0.315 e. The Kier molecular flexibility index (Phi) is 3.59. The molecule has 0 aliphatic carbocycles. The number of hydrogen-bond donors (Lipinski definition) is 3. The molecule has 3 amide bonds. The lowest BCUT2D eigenvalue weighted by Gasteiger charge is -2.11. The van der Waals surface area contributed by atoms with Crippen LogP contribution in [0.4, 0.5) is 4.79 Å². The van der Waals surface area contributed by atoms with Crippen molar-refractivity contribution in [2.75, 3.05) is 6.54 Å². The molecular formula is C12H15N3O2. The van der Waals surface area contributed by atoms with Crippen molar-refractivity contribution in [3.8, 4) is 0 Å². The SMILES string of the molecule is O=C(NCc1ccccc1)NC1CCNC1=O. The van der Waals surface area contributed by atoms with Crippen molar-refractivity contribution in [1.82, 2.24) is 16.0 Å². The molecule has 0 saturated carbocycles. The second kappa shape index (κ2) is 5.34. The first kappa shape index (κ1) is 11.4. The summed E-state index contributed by atoms with van der Waals surface area (Å²) in [5, 5.41) is 8.02. The molecule has 90 valence electrons. The maximum absolute atomic E-state index is 11.5. The van der Waals surface area contributed by atoms with Gasteiger partial charge in [-0.1, -0.05) is 30.3 Å². The number of urea groups is 1. The summed E-state index contributed by atoms with van der Waals surface area (Å²) < 4.78 is 0. The Hall–Kier alpha value is -2.04. The Morgan fingerprint density at radius 2 is 2.12 bits per heavy atom. The largest absolute Gasteiger partial charge is 0.354 e. The highest BCUT2D eigenvalue weighted by Gasteiger charge is 2.25. The summed E-state index contributed by atoms with van der Waals surface area (Å²) >= 11 is 0. The van der Waals surface area contributed by atoms with Crippen molar-refractivity contribution in [1.29, 1.82) is 0 Å². The summed E-state index contributed by atoms with van der Waals surface area (Å²) in [4.78, 5) is 22.7. The van der Waals surface area contributed by atoms with Gasteiger partial charge < -0.3 is 16.0 Å². The molecule has 1 atom stereocenters. The third kappa shape index (κ3) is 3.21. The number of hydrogen-bond acceptors (Lipinski definition) is 2. The third-order valence-corrected chi connectivity index (χ3v) is 2.65. The molecule has 1 unspecified atom stereocenters. The van der Waals surface area contributed by atoms with Crippen molar-refractivity contribution >= 4 is 11.9 Å². The average Bonchev–Trinajstić information content (AvgIpc) is 2.74. The van der Waals surface area contributed by atoms with Crippen LogP contribution in [0, 0.1) is 0 Å². The van der Waals surface area contributed by atoms with E-state index in [-0.39, 0.29) is 11.9 Å². The van der Waals surface area contributed by atoms with Gasteiger partial charge in [-0.2, -0.15) is 0 Å². The highest BCUT2D eigenvalue weighted by atomic mass is 16.2. The van der Waals surface area contributed by atoms with E-state index < -0.39 is 6.04 Å². The second-order valence-electron chi connectivity index (χ2n) is 3.94. The van der Waals surface area contributed by atoms with Crippen LogP contribution < -0.4 is 16.0 Å². The molecule has 1 heterocycles. The molecule has 1 saturated heterocycles. The number of nitrogens with one attached hydrogen (secondary N) is 3. The fourth-order valence-electron chi connectivity index (χ4n) is 1.72. The van der Waals surface area contributed by atoms with Crippen LogP contribution >= 0.6 is 0 Å². The molecule has 17 heavy (non-hydrogen) atoms. The molecule has 1 aromatic rings. The van der Waals surface area contributed by atoms with E-state index in [0.29, 0.717) is 19.5 Å². The molecule has 1 aromatic carbocycles. The Morgan fingerprint density at radius 3 is 2.76 bits per heavy atom. The fraction of sp³-hybridized carbons (Fsp3) is 0.333. The van der Waals surface area contributed by atoms with E-state index in [1.54, 1.807) is 0 Å². The van der Waals surface area contributed by atoms with Crippen molar-refractivity contribution in [2.45, 2.75) is 19.0 Å². The molecule has 2 rings (SSSR count). The summed E-state index contributed by atoms with van der Waals surface area (Å²) in [5.41, 5.74) is 1.03. The minimum Gasteiger partial charge on any atom is -0.354 e. The molecule has 0 aromatic heterocycles. The summed E-state index contributed by atoms with van der Waals surface area (Å²) in [6, 6.07) is 8.91. The zero-order chi connectivity index (χ0) is 12.1. The Labute approximate surface area is 99.6 Å². The predicted octanol–water partition coefficient (Wildman–Crippen LogP) is 0.374. The quantitative estimate of drug-likeness (QED) is 0.706. The van der Waals surface area contributed by atoms with Crippen LogP contribution in [0.2, 0.25) is 0 Å². The van der Waals surface area contributed by atoms with Gasteiger partial charge in [0.1, 0.15) is 6.04 Å². The fourth-order valence-corrected chi connectivity index (χ4v) is 1.72. The molecule has 5 nitrogen and oxygen atoms in total. The van der Waals surface area contributed by atoms with Gasteiger partial charge >= 0.3 is 6.03 Å². The Morgan fingerprint density at radius 1 is 1.35 bits per heavy atom. The van der Waals surface area contributed by atoms with E-state index in [0.717, 1.165) is 5.56 Å². The lowest BCUT2D eigenvalue weighted by atomic mass is 10.2. The molecule has 0 spiro atoms. The second-order valence-corrected chi connectivity index (χ2v) is 3.94. The topological polar surface area (TPSA) is 70.2 Å². The Bertz CT molecular complexity index is 405. The third-order valence-electron chi connectivity index (χ3n) is 2.65. The van der Waals surface area contributed by atoms with Crippen molar-refractivity contribution in [3.63, 3.8) is 0 Å². The van der Waals surface area contributed by atoms with Crippen LogP contribution in [0.25, 0.3) is 0 Å². The van der Waals surface area contributed by atoms with Crippen LogP contribution in [-0.4, -0.2) is 24.5 Å². The summed E-state index contributed by atoms with van der Waals surface area (Å²) in [6.07, 6.45) is 0.650. The molecule has 1 aliphatic rings. The summed E-state index contributed by atoms with van der Waals surface area (Å²) in [6.45, 7) is 1.09. The highest BCUT2D eigenvalue weighted by molar-refractivity contribution is 5.88. The van der Waals surface area contributed by atoms with Gasteiger partial charge in [0.2, 0.25) is 5.91 Å². The smallest absolute Gasteiger partial charge is 0.315 e. The van der Waals surface area contributed by atoms with Crippen LogP contribution in [0.1, 0.15) is 12.0 Å². The monoisotopic (exact) mass is 233 g/mol. The lowest BCUT2D eigenvalue weighted by Crippen LogP contribution is -2.45. The average molecular weight is 233 g/mol. The molecule has 1 fully saturated rings. The molecule has 3 N–H and O–H groups in total. The molecule has 0 radical (unpaired) electrons. The molecule has 5 heteroatoms. The number of carbonyl (C=O) groups excluding carboxylic acids is 2. The lowest BCUT2D eigenvalue weighted by molar-refractivity contribution is -0.120. The summed E-state index contributed by atoms with van der Waals surface area (Å²) in [7, 11) is 0. The first-order chi connectivity index (χ1) is 8.25. The van der Waals surface area contributed by atoms with Crippen LogP contribution in [-0.2, 0) is 11.3 Å². The van der Waals surface area contributed by atoms with Crippen LogP contribution in [0.15, 0.2) is 30.3 Å². The predicted molar refractivity (Wildman–Crippen MR) is 63.2 cm³/mol.